The van der Waals surface area contributed by atoms with Gasteiger partial charge in [-0.15, -0.1) is 24.0 Å². The van der Waals surface area contributed by atoms with Crippen LogP contribution in [-0.2, 0) is 11.3 Å². The quantitative estimate of drug-likeness (QED) is 0.358. The van der Waals surface area contributed by atoms with Crippen LogP contribution in [0.1, 0.15) is 38.0 Å². The molecule has 1 aromatic heterocycles. The number of carbonyl (C=O) groups is 1. The fourth-order valence-corrected chi connectivity index (χ4v) is 3.46. The Morgan fingerprint density at radius 3 is 2.66 bits per heavy atom. The maximum Gasteiger partial charge on any atom is 0.409 e. The third-order valence-corrected chi connectivity index (χ3v) is 5.03. The number of benzene rings is 1. The average Bonchev–Trinajstić information content (AvgIpc) is 3.03. The van der Waals surface area contributed by atoms with Crippen LogP contribution in [0.25, 0.3) is 11.0 Å². The Labute approximate surface area is 189 Å². The molecule has 0 spiro atoms. The van der Waals surface area contributed by atoms with Crippen LogP contribution in [0.15, 0.2) is 33.7 Å². The summed E-state index contributed by atoms with van der Waals surface area (Å²) < 4.78 is 11.0. The molecule has 2 heterocycles. The largest absolute Gasteiger partial charge is 0.459 e. The highest BCUT2D eigenvalue weighted by Crippen LogP contribution is 2.25. The molecule has 0 radical (unpaired) electrons. The van der Waals surface area contributed by atoms with Crippen molar-refractivity contribution >= 4 is 47.0 Å². The van der Waals surface area contributed by atoms with Crippen molar-refractivity contribution in [3.63, 3.8) is 0 Å². The van der Waals surface area contributed by atoms with E-state index in [4.69, 9.17) is 14.1 Å². The number of piperidine rings is 1. The summed E-state index contributed by atoms with van der Waals surface area (Å²) in [6, 6.07) is 8.33. The Morgan fingerprint density at radius 2 is 2.00 bits per heavy atom. The maximum atomic E-state index is 11.8. The normalized spacial score (nSPS) is 15.1. The van der Waals surface area contributed by atoms with Crippen molar-refractivity contribution in [2.75, 3.05) is 26.2 Å². The first-order valence-electron chi connectivity index (χ1n) is 10.1. The van der Waals surface area contributed by atoms with Gasteiger partial charge in [0.2, 0.25) is 0 Å². The number of furan rings is 1. The van der Waals surface area contributed by atoms with Crippen LogP contribution in [-0.4, -0.2) is 49.2 Å². The van der Waals surface area contributed by atoms with Crippen molar-refractivity contribution in [2.24, 2.45) is 4.99 Å². The summed E-state index contributed by atoms with van der Waals surface area (Å²) >= 11 is 0. The molecule has 1 aliphatic heterocycles. The second-order valence-corrected chi connectivity index (χ2v) is 6.95. The zero-order chi connectivity index (χ0) is 19.9. The number of aryl methyl sites for hydroxylation is 1. The number of guanidine groups is 1. The standard InChI is InChI=1S/C21H30N4O3.HI/c1-4-22-20(24-16-10-12-25(13-11-16)21(26)27-5-2)23-14-19-15(3)17-8-6-7-9-18(17)28-19;/h6-9,16H,4-5,10-14H2,1-3H3,(H2,22,23,24);1H. The summed E-state index contributed by atoms with van der Waals surface area (Å²) in [4.78, 5) is 18.3. The molecule has 160 valence electrons. The second-order valence-electron chi connectivity index (χ2n) is 6.95. The van der Waals surface area contributed by atoms with E-state index in [1.54, 1.807) is 4.90 Å². The molecule has 2 N–H and O–H groups in total. The number of hydrogen-bond acceptors (Lipinski definition) is 4. The van der Waals surface area contributed by atoms with E-state index in [-0.39, 0.29) is 36.1 Å². The molecule has 3 rings (SSSR count). The van der Waals surface area contributed by atoms with Crippen molar-refractivity contribution in [2.45, 2.75) is 46.2 Å². The highest BCUT2D eigenvalue weighted by atomic mass is 127. The molecule has 8 heteroatoms. The van der Waals surface area contributed by atoms with Gasteiger partial charge in [0, 0.05) is 36.6 Å². The number of ether oxygens (including phenoxy) is 1. The van der Waals surface area contributed by atoms with Crippen LogP contribution in [0.3, 0.4) is 0 Å². The number of amides is 1. The van der Waals surface area contributed by atoms with Gasteiger partial charge in [-0.05, 0) is 39.7 Å². The third-order valence-electron chi connectivity index (χ3n) is 5.03. The molecule has 1 saturated heterocycles. The maximum absolute atomic E-state index is 11.8. The van der Waals surface area contributed by atoms with E-state index >= 15 is 0 Å². The van der Waals surface area contributed by atoms with Gasteiger partial charge in [0.05, 0.1) is 6.61 Å². The van der Waals surface area contributed by atoms with Gasteiger partial charge in [-0.2, -0.15) is 0 Å². The molecule has 29 heavy (non-hydrogen) atoms. The molecule has 1 amide bonds. The number of rotatable bonds is 5. The van der Waals surface area contributed by atoms with Crippen LogP contribution >= 0.6 is 24.0 Å². The molecule has 0 saturated carbocycles. The first-order valence-corrected chi connectivity index (χ1v) is 10.1. The molecular weight excluding hydrogens is 483 g/mol. The van der Waals surface area contributed by atoms with Crippen molar-refractivity contribution in [3.8, 4) is 0 Å². The fraction of sp³-hybridized carbons (Fsp3) is 0.524. The molecule has 0 aliphatic carbocycles. The van der Waals surface area contributed by atoms with Gasteiger partial charge >= 0.3 is 6.09 Å². The SMILES string of the molecule is CCNC(=NCc1oc2ccccc2c1C)NC1CCN(C(=O)OCC)CC1.I. The lowest BCUT2D eigenvalue weighted by Gasteiger charge is -2.32. The number of aliphatic imine (C=N–C) groups is 1. The minimum absolute atomic E-state index is 0. The van der Waals surface area contributed by atoms with E-state index in [0.29, 0.717) is 26.2 Å². The molecule has 1 aliphatic rings. The molecule has 2 aromatic rings. The second kappa shape index (κ2) is 11.3. The van der Waals surface area contributed by atoms with Crippen molar-refractivity contribution in [1.29, 1.82) is 0 Å². The van der Waals surface area contributed by atoms with Crippen LogP contribution in [0.5, 0.6) is 0 Å². The molecule has 7 nitrogen and oxygen atoms in total. The molecule has 0 atom stereocenters. The van der Waals surface area contributed by atoms with E-state index < -0.39 is 0 Å². The number of nitrogens with one attached hydrogen (secondary N) is 2. The number of likely N-dealkylation sites (tertiary alicyclic amines) is 1. The lowest BCUT2D eigenvalue weighted by Crippen LogP contribution is -2.49. The predicted molar refractivity (Wildman–Crippen MR) is 126 cm³/mol. The Morgan fingerprint density at radius 1 is 1.28 bits per heavy atom. The summed E-state index contributed by atoms with van der Waals surface area (Å²) in [6.45, 7) is 9.01. The summed E-state index contributed by atoms with van der Waals surface area (Å²) in [7, 11) is 0. The predicted octanol–water partition coefficient (Wildman–Crippen LogP) is 4.04. The number of nitrogens with zero attached hydrogens (tertiary/aromatic N) is 2. The van der Waals surface area contributed by atoms with Gasteiger partial charge in [-0.3, -0.25) is 0 Å². The lowest BCUT2D eigenvalue weighted by atomic mass is 10.1. The Bertz CT molecular complexity index is 828. The van der Waals surface area contributed by atoms with Gasteiger partial charge < -0.3 is 24.7 Å². The van der Waals surface area contributed by atoms with Gasteiger partial charge in [0.1, 0.15) is 17.9 Å². The zero-order valence-corrected chi connectivity index (χ0v) is 19.7. The molecule has 0 unspecified atom stereocenters. The Kier molecular flexibility index (Phi) is 9.06. The molecular formula is C21H31IN4O3. The molecule has 1 aromatic carbocycles. The first-order chi connectivity index (χ1) is 13.6. The van der Waals surface area contributed by atoms with E-state index in [1.165, 1.54) is 0 Å². The summed E-state index contributed by atoms with van der Waals surface area (Å²) in [5, 5.41) is 7.93. The number of carbonyl (C=O) groups excluding carboxylic acids is 1. The Hall–Kier alpha value is -1.97. The number of para-hydroxylation sites is 1. The van der Waals surface area contributed by atoms with Crippen molar-refractivity contribution in [1.82, 2.24) is 15.5 Å². The van der Waals surface area contributed by atoms with Gasteiger partial charge in [0.25, 0.3) is 0 Å². The van der Waals surface area contributed by atoms with Gasteiger partial charge in [-0.1, -0.05) is 18.2 Å². The van der Waals surface area contributed by atoms with Gasteiger partial charge in [0.15, 0.2) is 5.96 Å². The number of fused-ring (bicyclic) bond motifs is 1. The minimum atomic E-state index is -0.220. The van der Waals surface area contributed by atoms with Crippen molar-refractivity contribution in [3.05, 3.63) is 35.6 Å². The first kappa shape index (κ1) is 23.3. The molecule has 0 bridgehead atoms. The van der Waals surface area contributed by atoms with E-state index in [9.17, 15) is 4.79 Å². The van der Waals surface area contributed by atoms with Crippen LogP contribution in [0, 0.1) is 6.92 Å². The monoisotopic (exact) mass is 514 g/mol. The smallest absolute Gasteiger partial charge is 0.409 e. The van der Waals surface area contributed by atoms with E-state index in [0.717, 1.165) is 47.6 Å². The summed E-state index contributed by atoms with van der Waals surface area (Å²) in [6.07, 6.45) is 1.52. The lowest BCUT2D eigenvalue weighted by molar-refractivity contribution is 0.0963. The highest BCUT2D eigenvalue weighted by Gasteiger charge is 2.24. The number of halogens is 1. The van der Waals surface area contributed by atoms with Crippen molar-refractivity contribution < 1.29 is 13.9 Å². The van der Waals surface area contributed by atoms with Crippen LogP contribution in [0.2, 0.25) is 0 Å². The fourth-order valence-electron chi connectivity index (χ4n) is 3.46. The third kappa shape index (κ3) is 6.01. The average molecular weight is 514 g/mol. The summed E-state index contributed by atoms with van der Waals surface area (Å²) in [5.41, 5.74) is 2.03. The topological polar surface area (TPSA) is 79.1 Å². The zero-order valence-electron chi connectivity index (χ0n) is 17.4. The van der Waals surface area contributed by atoms with Crippen LogP contribution in [0.4, 0.5) is 4.79 Å². The number of hydrogen-bond donors (Lipinski definition) is 2. The van der Waals surface area contributed by atoms with Crippen LogP contribution < -0.4 is 10.6 Å². The van der Waals surface area contributed by atoms with E-state index in [2.05, 4.69) is 23.6 Å². The highest BCUT2D eigenvalue weighted by molar-refractivity contribution is 14.0. The minimum Gasteiger partial charge on any atom is -0.459 e. The molecule has 1 fully saturated rings. The summed E-state index contributed by atoms with van der Waals surface area (Å²) in [5.74, 6) is 1.66. The Balaban J connectivity index is 0.00000300. The van der Waals surface area contributed by atoms with E-state index in [1.807, 2.05) is 32.0 Å². The van der Waals surface area contributed by atoms with Gasteiger partial charge in [-0.25, -0.2) is 9.79 Å².